The second-order valence-electron chi connectivity index (χ2n) is 5.47. The van der Waals surface area contributed by atoms with Gasteiger partial charge in [-0.2, -0.15) is 0 Å². The van der Waals surface area contributed by atoms with Crippen LogP contribution < -0.4 is 0 Å². The minimum absolute atomic E-state index is 0.0480. The molecule has 0 saturated carbocycles. The molecule has 1 aromatic rings. The lowest BCUT2D eigenvalue weighted by Gasteiger charge is -2.31. The van der Waals surface area contributed by atoms with Crippen LogP contribution in [0.1, 0.15) is 30.6 Å². The quantitative estimate of drug-likeness (QED) is 0.451. The van der Waals surface area contributed by atoms with Gasteiger partial charge in [0.15, 0.2) is 5.78 Å². The van der Waals surface area contributed by atoms with E-state index in [1.807, 2.05) is 6.07 Å². The fourth-order valence-corrected chi connectivity index (χ4v) is 2.39. The highest BCUT2D eigenvalue weighted by Gasteiger charge is 2.31. The third-order valence-electron chi connectivity index (χ3n) is 3.47. The zero-order chi connectivity index (χ0) is 17.5. The number of esters is 2. The Morgan fingerprint density at radius 1 is 1.04 bits per heavy atom. The highest BCUT2D eigenvalue weighted by atomic mass is 16.6. The number of ether oxygens (including phenoxy) is 3. The molecule has 1 aliphatic heterocycles. The van der Waals surface area contributed by atoms with E-state index in [-0.39, 0.29) is 18.8 Å². The molecule has 1 aliphatic rings. The van der Waals surface area contributed by atoms with Crippen molar-refractivity contribution in [2.24, 2.45) is 0 Å². The van der Waals surface area contributed by atoms with Crippen molar-refractivity contribution in [3.63, 3.8) is 0 Å². The topological polar surface area (TPSA) is 78.9 Å². The standard InChI is InChI=1S/C18H20O6/c1-12(19)22-11-18-17(23-13(2)20)9-8-15(24-18)10-16(21)14-6-4-3-5-7-14/h3-9,15,17-18H,10-11H2,1-2H3/t15-,17-,18+/m0/s1. The summed E-state index contributed by atoms with van der Waals surface area (Å²) in [5.41, 5.74) is 0.605. The summed E-state index contributed by atoms with van der Waals surface area (Å²) >= 11 is 0. The predicted molar refractivity (Wildman–Crippen MR) is 85.4 cm³/mol. The van der Waals surface area contributed by atoms with Gasteiger partial charge in [-0.25, -0.2) is 0 Å². The maximum Gasteiger partial charge on any atom is 0.303 e. The minimum Gasteiger partial charge on any atom is -0.463 e. The van der Waals surface area contributed by atoms with Gasteiger partial charge in [0.2, 0.25) is 0 Å². The Labute approximate surface area is 140 Å². The van der Waals surface area contributed by atoms with Gasteiger partial charge in [-0.15, -0.1) is 0 Å². The van der Waals surface area contributed by atoms with E-state index in [0.717, 1.165) is 0 Å². The second kappa shape index (κ2) is 8.40. The fourth-order valence-electron chi connectivity index (χ4n) is 2.39. The van der Waals surface area contributed by atoms with Crippen LogP contribution in [-0.2, 0) is 23.8 Å². The fraction of sp³-hybridized carbons (Fsp3) is 0.389. The average molecular weight is 332 g/mol. The summed E-state index contributed by atoms with van der Waals surface area (Å²) in [6.07, 6.45) is 1.76. The van der Waals surface area contributed by atoms with Gasteiger partial charge in [0.1, 0.15) is 18.8 Å². The van der Waals surface area contributed by atoms with Gasteiger partial charge >= 0.3 is 11.9 Å². The molecule has 0 saturated heterocycles. The van der Waals surface area contributed by atoms with Crippen molar-refractivity contribution in [2.45, 2.75) is 38.6 Å². The summed E-state index contributed by atoms with van der Waals surface area (Å²) in [5, 5.41) is 0. The molecule has 0 bridgehead atoms. The first-order valence-electron chi connectivity index (χ1n) is 7.68. The zero-order valence-corrected chi connectivity index (χ0v) is 13.6. The largest absolute Gasteiger partial charge is 0.463 e. The van der Waals surface area contributed by atoms with Crippen LogP contribution in [0.3, 0.4) is 0 Å². The molecule has 3 atom stereocenters. The molecular weight excluding hydrogens is 312 g/mol. The lowest BCUT2D eigenvalue weighted by atomic mass is 10.0. The Hall–Kier alpha value is -2.47. The van der Waals surface area contributed by atoms with Gasteiger partial charge < -0.3 is 14.2 Å². The van der Waals surface area contributed by atoms with E-state index in [1.165, 1.54) is 13.8 Å². The number of Topliss-reactive ketones (excluding diaryl/α,β-unsaturated/α-hetero) is 1. The molecule has 0 N–H and O–H groups in total. The first-order chi connectivity index (χ1) is 11.5. The van der Waals surface area contributed by atoms with Crippen molar-refractivity contribution in [2.75, 3.05) is 6.61 Å². The number of carbonyl (C=O) groups excluding carboxylic acids is 3. The van der Waals surface area contributed by atoms with Crippen LogP contribution in [0.2, 0.25) is 0 Å². The molecule has 0 aliphatic carbocycles. The van der Waals surface area contributed by atoms with E-state index in [4.69, 9.17) is 14.2 Å². The Kier molecular flexibility index (Phi) is 6.26. The average Bonchev–Trinajstić information content (AvgIpc) is 2.55. The Morgan fingerprint density at radius 3 is 2.38 bits per heavy atom. The number of carbonyl (C=O) groups is 3. The van der Waals surface area contributed by atoms with Crippen LogP contribution in [-0.4, -0.2) is 42.6 Å². The van der Waals surface area contributed by atoms with Gasteiger partial charge in [0, 0.05) is 25.8 Å². The molecule has 0 radical (unpaired) electrons. The Morgan fingerprint density at radius 2 is 1.75 bits per heavy atom. The summed E-state index contributed by atoms with van der Waals surface area (Å²) in [6.45, 7) is 2.53. The number of ketones is 1. The summed E-state index contributed by atoms with van der Waals surface area (Å²) < 4.78 is 15.9. The van der Waals surface area contributed by atoms with Crippen LogP contribution in [0.5, 0.6) is 0 Å². The molecule has 2 rings (SSSR count). The summed E-state index contributed by atoms with van der Waals surface area (Å²) in [4.78, 5) is 34.4. The predicted octanol–water partition coefficient (Wildman–Crippen LogP) is 2.08. The van der Waals surface area contributed by atoms with Crippen molar-refractivity contribution < 1.29 is 28.6 Å². The van der Waals surface area contributed by atoms with Gasteiger partial charge in [-0.05, 0) is 6.08 Å². The summed E-state index contributed by atoms with van der Waals surface area (Å²) in [5.74, 6) is -0.964. The molecule has 0 spiro atoms. The molecular formula is C18H20O6. The molecule has 1 aromatic carbocycles. The van der Waals surface area contributed by atoms with Crippen LogP contribution in [0.25, 0.3) is 0 Å². The van der Waals surface area contributed by atoms with Crippen molar-refractivity contribution in [3.05, 3.63) is 48.0 Å². The molecule has 24 heavy (non-hydrogen) atoms. The molecule has 1 heterocycles. The van der Waals surface area contributed by atoms with E-state index in [2.05, 4.69) is 0 Å². The molecule has 128 valence electrons. The molecule has 0 amide bonds. The maximum atomic E-state index is 12.3. The van der Waals surface area contributed by atoms with Crippen LogP contribution >= 0.6 is 0 Å². The van der Waals surface area contributed by atoms with Crippen LogP contribution in [0.4, 0.5) is 0 Å². The zero-order valence-electron chi connectivity index (χ0n) is 13.6. The van der Waals surface area contributed by atoms with E-state index in [0.29, 0.717) is 5.56 Å². The minimum atomic E-state index is -0.648. The Bertz CT molecular complexity index is 622. The van der Waals surface area contributed by atoms with Crippen LogP contribution in [0.15, 0.2) is 42.5 Å². The van der Waals surface area contributed by atoms with Crippen LogP contribution in [0, 0.1) is 0 Å². The van der Waals surface area contributed by atoms with E-state index in [1.54, 1.807) is 36.4 Å². The van der Waals surface area contributed by atoms with Gasteiger partial charge in [-0.1, -0.05) is 36.4 Å². The molecule has 0 fully saturated rings. The summed E-state index contributed by atoms with van der Waals surface area (Å²) in [7, 11) is 0. The van der Waals surface area contributed by atoms with Crippen molar-refractivity contribution >= 4 is 17.7 Å². The van der Waals surface area contributed by atoms with Crippen molar-refractivity contribution in [3.8, 4) is 0 Å². The highest BCUT2D eigenvalue weighted by Crippen LogP contribution is 2.20. The van der Waals surface area contributed by atoms with E-state index >= 15 is 0 Å². The van der Waals surface area contributed by atoms with Gasteiger partial charge in [0.25, 0.3) is 0 Å². The number of benzene rings is 1. The first kappa shape index (κ1) is 17.9. The van der Waals surface area contributed by atoms with Gasteiger partial charge in [0.05, 0.1) is 6.10 Å². The smallest absolute Gasteiger partial charge is 0.303 e. The number of rotatable bonds is 6. The molecule has 0 unspecified atom stereocenters. The molecule has 0 aromatic heterocycles. The SMILES string of the molecule is CC(=O)OC[C@H]1O[C@H](CC(=O)c2ccccc2)C=C[C@@H]1OC(C)=O. The molecule has 6 nitrogen and oxygen atoms in total. The molecule has 6 heteroatoms. The third kappa shape index (κ3) is 5.31. The highest BCUT2D eigenvalue weighted by molar-refractivity contribution is 5.96. The van der Waals surface area contributed by atoms with Gasteiger partial charge in [-0.3, -0.25) is 14.4 Å². The van der Waals surface area contributed by atoms with E-state index < -0.39 is 30.3 Å². The maximum absolute atomic E-state index is 12.3. The lowest BCUT2D eigenvalue weighted by molar-refractivity contribution is -0.163. The monoisotopic (exact) mass is 332 g/mol. The van der Waals surface area contributed by atoms with E-state index in [9.17, 15) is 14.4 Å². The van der Waals surface area contributed by atoms with Crippen molar-refractivity contribution in [1.29, 1.82) is 0 Å². The summed E-state index contributed by atoms with van der Waals surface area (Å²) in [6, 6.07) is 8.92. The number of hydrogen-bond donors (Lipinski definition) is 0. The van der Waals surface area contributed by atoms with Crippen molar-refractivity contribution in [1.82, 2.24) is 0 Å². The third-order valence-corrected chi connectivity index (χ3v) is 3.47. The number of hydrogen-bond acceptors (Lipinski definition) is 6. The first-order valence-corrected chi connectivity index (χ1v) is 7.68. The lowest BCUT2D eigenvalue weighted by Crippen LogP contribution is -2.41. The normalized spacial score (nSPS) is 22.7. The Balaban J connectivity index is 2.02. The second-order valence-corrected chi connectivity index (χ2v) is 5.47.